The average Bonchev–Trinajstić information content (AvgIpc) is 2.96. The van der Waals surface area contributed by atoms with Crippen LogP contribution in [0.3, 0.4) is 0 Å². The Bertz CT molecular complexity index is 962. The number of cyclic esters (lactones) is 2. The van der Waals surface area contributed by atoms with Crippen LogP contribution in [-0.2, 0) is 37.8 Å². The first-order valence-electron chi connectivity index (χ1n) is 11.6. The molecule has 1 atom stereocenters. The zero-order valence-corrected chi connectivity index (χ0v) is 21.3. The monoisotopic (exact) mass is 488 g/mol. The molecular formula is C25H33BO9. The highest BCUT2D eigenvalue weighted by Crippen LogP contribution is 2.37. The predicted molar refractivity (Wildman–Crippen MR) is 127 cm³/mol. The number of benzene rings is 1. The Morgan fingerprint density at radius 2 is 1.63 bits per heavy atom. The van der Waals surface area contributed by atoms with Crippen LogP contribution in [0.5, 0.6) is 0 Å². The van der Waals surface area contributed by atoms with Gasteiger partial charge in [0.15, 0.2) is 5.92 Å². The number of ether oxygens (including phenoxy) is 4. The Kier molecular flexibility index (Phi) is 7.66. The largest absolute Gasteiger partial charge is 0.508 e. The lowest BCUT2D eigenvalue weighted by molar-refractivity contribution is -0.240. The highest BCUT2D eigenvalue weighted by Gasteiger charge is 2.52. The van der Waals surface area contributed by atoms with Crippen LogP contribution in [-0.4, -0.2) is 55.4 Å². The molecule has 0 radical (unpaired) electrons. The third kappa shape index (κ3) is 6.05. The molecule has 190 valence electrons. The molecule has 1 aromatic rings. The summed E-state index contributed by atoms with van der Waals surface area (Å²) in [5.74, 6) is -4.74. The van der Waals surface area contributed by atoms with Crippen LogP contribution in [0.1, 0.15) is 59.9 Å². The molecule has 3 rings (SSSR count). The van der Waals surface area contributed by atoms with Crippen molar-refractivity contribution in [3.8, 4) is 0 Å². The van der Waals surface area contributed by atoms with Crippen molar-refractivity contribution in [3.05, 3.63) is 42.0 Å². The molecule has 0 aromatic heterocycles. The molecule has 35 heavy (non-hydrogen) atoms. The Morgan fingerprint density at radius 3 is 2.20 bits per heavy atom. The minimum Gasteiger partial charge on any atom is -0.435 e. The number of allylic oxidation sites excluding steroid dienone is 1. The van der Waals surface area contributed by atoms with Crippen LogP contribution in [0.15, 0.2) is 36.4 Å². The lowest BCUT2D eigenvalue weighted by Gasteiger charge is -2.35. The topological polar surface area (TPSA) is 107 Å². The number of carbonyl (C=O) groups excluding carboxylic acids is 3. The maximum absolute atomic E-state index is 12.9. The van der Waals surface area contributed by atoms with Crippen molar-refractivity contribution in [1.29, 1.82) is 0 Å². The molecule has 9 nitrogen and oxygen atoms in total. The summed E-state index contributed by atoms with van der Waals surface area (Å²) in [6.45, 7) is 12.6. The first-order chi connectivity index (χ1) is 16.3. The number of hydrogen-bond acceptors (Lipinski definition) is 9. The third-order valence-electron chi connectivity index (χ3n) is 6.28. The quantitative estimate of drug-likeness (QED) is 0.247. The Labute approximate surface area is 206 Å². The molecule has 2 aliphatic heterocycles. The van der Waals surface area contributed by atoms with E-state index < -0.39 is 54.0 Å². The predicted octanol–water partition coefficient (Wildman–Crippen LogP) is 3.25. The van der Waals surface area contributed by atoms with Crippen molar-refractivity contribution in [3.63, 3.8) is 0 Å². The SMILES string of the molecule is CCOC(=O)OC/C=C/[C@@H](c1cccc(B2OC(C)(C)C(C)(C)O2)c1)C1C(=O)OC(C)(C)OC1=O. The molecule has 0 unspecified atom stereocenters. The van der Waals surface area contributed by atoms with E-state index in [4.69, 9.17) is 28.3 Å². The summed E-state index contributed by atoms with van der Waals surface area (Å²) in [6.07, 6.45) is 2.35. The maximum atomic E-state index is 12.9. The van der Waals surface area contributed by atoms with Gasteiger partial charge < -0.3 is 28.3 Å². The van der Waals surface area contributed by atoms with Crippen LogP contribution >= 0.6 is 0 Å². The fraction of sp³-hybridized carbons (Fsp3) is 0.560. The summed E-state index contributed by atoms with van der Waals surface area (Å²) in [7, 11) is -0.624. The van der Waals surface area contributed by atoms with E-state index in [1.165, 1.54) is 13.8 Å². The minimum absolute atomic E-state index is 0.103. The zero-order valence-electron chi connectivity index (χ0n) is 21.3. The van der Waals surface area contributed by atoms with Gasteiger partial charge in [-0.1, -0.05) is 36.4 Å². The van der Waals surface area contributed by atoms with Gasteiger partial charge >= 0.3 is 25.2 Å². The second-order valence-electron chi connectivity index (χ2n) is 9.93. The Balaban J connectivity index is 1.91. The molecule has 0 saturated carbocycles. The Hall–Kier alpha value is -2.85. The number of esters is 2. The van der Waals surface area contributed by atoms with Gasteiger partial charge in [0.05, 0.1) is 17.8 Å². The van der Waals surface area contributed by atoms with Crippen LogP contribution in [0.2, 0.25) is 0 Å². The molecular weight excluding hydrogens is 455 g/mol. The van der Waals surface area contributed by atoms with E-state index in [0.29, 0.717) is 5.56 Å². The highest BCUT2D eigenvalue weighted by molar-refractivity contribution is 6.62. The summed E-state index contributed by atoms with van der Waals surface area (Å²) in [4.78, 5) is 37.2. The van der Waals surface area contributed by atoms with Gasteiger partial charge in [-0.15, -0.1) is 0 Å². The first-order valence-corrected chi connectivity index (χ1v) is 11.6. The third-order valence-corrected chi connectivity index (χ3v) is 6.28. The smallest absolute Gasteiger partial charge is 0.435 e. The van der Waals surface area contributed by atoms with Gasteiger partial charge in [0, 0.05) is 19.8 Å². The van der Waals surface area contributed by atoms with Crippen molar-refractivity contribution in [2.24, 2.45) is 5.92 Å². The van der Waals surface area contributed by atoms with Crippen molar-refractivity contribution < 1.29 is 42.6 Å². The van der Waals surface area contributed by atoms with E-state index in [1.807, 2.05) is 39.8 Å². The normalized spacial score (nSPS) is 22.0. The molecule has 10 heteroatoms. The Morgan fingerprint density at radius 1 is 1.03 bits per heavy atom. The van der Waals surface area contributed by atoms with Gasteiger partial charge in [0.2, 0.25) is 0 Å². The standard InChI is InChI=1S/C25H33BO9/c1-8-30-22(29)31-14-10-13-18(19-20(27)32-25(6,7)33-21(19)28)16-11-9-12-17(15-16)26-34-23(2,3)24(4,5)35-26/h9-13,15,18-19H,8,14H2,1-7H3/b13-10+/t18-/m0/s1. The first kappa shape index (κ1) is 26.8. The molecule has 2 aliphatic rings. The summed E-state index contributed by atoms with van der Waals surface area (Å²) in [5.41, 5.74) is 0.323. The molecule has 2 fully saturated rings. The van der Waals surface area contributed by atoms with Crippen LogP contribution < -0.4 is 5.46 Å². The molecule has 0 amide bonds. The molecule has 0 aliphatic carbocycles. The van der Waals surface area contributed by atoms with Crippen molar-refractivity contribution >= 4 is 30.7 Å². The van der Waals surface area contributed by atoms with Crippen molar-refractivity contribution in [2.45, 2.75) is 71.4 Å². The number of carbonyl (C=O) groups is 3. The second kappa shape index (κ2) is 10.0. The number of rotatable bonds is 7. The van der Waals surface area contributed by atoms with Crippen molar-refractivity contribution in [2.75, 3.05) is 13.2 Å². The van der Waals surface area contributed by atoms with Gasteiger partial charge in [-0.25, -0.2) is 4.79 Å². The van der Waals surface area contributed by atoms with Gasteiger partial charge in [-0.05, 0) is 45.6 Å². The molecule has 0 spiro atoms. The van der Waals surface area contributed by atoms with Crippen molar-refractivity contribution in [1.82, 2.24) is 0 Å². The van der Waals surface area contributed by atoms with Gasteiger partial charge in [0.25, 0.3) is 5.79 Å². The summed E-state index contributed by atoms with van der Waals surface area (Å²) >= 11 is 0. The van der Waals surface area contributed by atoms with E-state index in [9.17, 15) is 14.4 Å². The summed E-state index contributed by atoms with van der Waals surface area (Å²) in [5, 5.41) is 0. The van der Waals surface area contributed by atoms with Crippen LogP contribution in [0.25, 0.3) is 0 Å². The summed E-state index contributed by atoms with van der Waals surface area (Å²) in [6, 6.07) is 7.27. The van der Waals surface area contributed by atoms with E-state index in [1.54, 1.807) is 31.2 Å². The molecule has 2 saturated heterocycles. The van der Waals surface area contributed by atoms with Gasteiger partial charge in [0.1, 0.15) is 6.61 Å². The van der Waals surface area contributed by atoms with E-state index in [-0.39, 0.29) is 13.2 Å². The van der Waals surface area contributed by atoms with Gasteiger partial charge in [-0.3, -0.25) is 9.59 Å². The second-order valence-corrected chi connectivity index (χ2v) is 9.93. The summed E-state index contributed by atoms with van der Waals surface area (Å²) < 4.78 is 32.7. The number of hydrogen-bond donors (Lipinski definition) is 0. The molecule has 1 aromatic carbocycles. The van der Waals surface area contributed by atoms with E-state index in [2.05, 4.69) is 0 Å². The van der Waals surface area contributed by atoms with Gasteiger partial charge in [-0.2, -0.15) is 0 Å². The minimum atomic E-state index is -1.35. The fourth-order valence-corrected chi connectivity index (χ4v) is 3.81. The van der Waals surface area contributed by atoms with E-state index in [0.717, 1.165) is 5.46 Å². The lowest BCUT2D eigenvalue weighted by atomic mass is 9.75. The molecule has 0 N–H and O–H groups in total. The maximum Gasteiger partial charge on any atom is 0.508 e. The zero-order chi connectivity index (χ0) is 26.0. The lowest BCUT2D eigenvalue weighted by Crippen LogP contribution is -2.48. The molecule has 0 bridgehead atoms. The van der Waals surface area contributed by atoms with E-state index >= 15 is 0 Å². The molecule has 2 heterocycles. The fourth-order valence-electron chi connectivity index (χ4n) is 3.81. The average molecular weight is 488 g/mol. The highest BCUT2D eigenvalue weighted by atomic mass is 16.7. The van der Waals surface area contributed by atoms with Crippen LogP contribution in [0, 0.1) is 5.92 Å². The van der Waals surface area contributed by atoms with Crippen LogP contribution in [0.4, 0.5) is 4.79 Å².